The Morgan fingerprint density at radius 2 is 1.90 bits per heavy atom. The van der Waals surface area contributed by atoms with Crippen molar-refractivity contribution in [1.82, 2.24) is 25.6 Å². The van der Waals surface area contributed by atoms with E-state index in [0.29, 0.717) is 0 Å². The van der Waals surface area contributed by atoms with Crippen LogP contribution in [-0.2, 0) is 17.5 Å². The summed E-state index contributed by atoms with van der Waals surface area (Å²) >= 11 is 0. The number of nitrogens with zero attached hydrogens (tertiary/aromatic N) is 3. The number of amides is 1. The van der Waals surface area contributed by atoms with Crippen LogP contribution in [-0.4, -0.2) is 39.1 Å². The van der Waals surface area contributed by atoms with E-state index in [4.69, 9.17) is 0 Å². The molecular weight excluding hydrogens is 421 g/mol. The van der Waals surface area contributed by atoms with Gasteiger partial charge < -0.3 is 10.6 Å². The fourth-order valence-corrected chi connectivity index (χ4v) is 2.79. The highest BCUT2D eigenvalue weighted by atomic mass is 35.5. The molecule has 1 amide bonds. The number of aromatic nitrogens is 3. The fourth-order valence-electron chi connectivity index (χ4n) is 2.79. The molecule has 6 nitrogen and oxygen atoms in total. The van der Waals surface area contributed by atoms with E-state index in [0.717, 1.165) is 18.6 Å². The SMILES string of the molecule is C[C@@H]1N[C@H](C(=O)NCc2cc(-c3cnc(C(F)(F)F)nc3)ncc2F)C[C@H]1F.Cl. The van der Waals surface area contributed by atoms with Crippen LogP contribution in [0.15, 0.2) is 24.7 Å². The van der Waals surface area contributed by atoms with Crippen molar-refractivity contribution in [2.45, 2.75) is 44.3 Å². The van der Waals surface area contributed by atoms with Gasteiger partial charge in [-0.15, -0.1) is 12.4 Å². The Labute approximate surface area is 168 Å². The van der Waals surface area contributed by atoms with Crippen molar-refractivity contribution in [3.63, 3.8) is 0 Å². The van der Waals surface area contributed by atoms with Crippen molar-refractivity contribution in [2.75, 3.05) is 0 Å². The third-order valence-electron chi connectivity index (χ3n) is 4.37. The lowest BCUT2D eigenvalue weighted by atomic mass is 10.1. The van der Waals surface area contributed by atoms with Gasteiger partial charge in [0.25, 0.3) is 0 Å². The molecule has 3 rings (SSSR count). The van der Waals surface area contributed by atoms with E-state index in [1.54, 1.807) is 6.92 Å². The predicted octanol–water partition coefficient (Wildman–Crippen LogP) is 2.82. The molecular formula is C17H17ClF5N5O. The smallest absolute Gasteiger partial charge is 0.351 e. The van der Waals surface area contributed by atoms with Gasteiger partial charge in [0.15, 0.2) is 0 Å². The molecule has 0 radical (unpaired) electrons. The number of carbonyl (C=O) groups excluding carboxylic acids is 1. The largest absolute Gasteiger partial charge is 0.451 e. The zero-order valence-corrected chi connectivity index (χ0v) is 15.8. The maximum absolute atomic E-state index is 14.0. The number of pyridine rings is 1. The third-order valence-corrected chi connectivity index (χ3v) is 4.37. The van der Waals surface area contributed by atoms with Crippen molar-refractivity contribution < 1.29 is 26.7 Å². The highest BCUT2D eigenvalue weighted by molar-refractivity contribution is 5.85. The van der Waals surface area contributed by atoms with Crippen molar-refractivity contribution in [3.8, 4) is 11.3 Å². The van der Waals surface area contributed by atoms with Crippen LogP contribution in [0.25, 0.3) is 11.3 Å². The van der Waals surface area contributed by atoms with Gasteiger partial charge in [-0.3, -0.25) is 9.78 Å². The predicted molar refractivity (Wildman–Crippen MR) is 95.2 cm³/mol. The van der Waals surface area contributed by atoms with E-state index in [1.165, 1.54) is 6.07 Å². The lowest BCUT2D eigenvalue weighted by Crippen LogP contribution is -2.42. The highest BCUT2D eigenvalue weighted by Gasteiger charge is 2.35. The molecule has 3 atom stereocenters. The molecule has 1 aliphatic rings. The molecule has 1 fully saturated rings. The summed E-state index contributed by atoms with van der Waals surface area (Å²) in [7, 11) is 0. The van der Waals surface area contributed by atoms with E-state index in [-0.39, 0.29) is 42.2 Å². The fraction of sp³-hybridized carbons (Fsp3) is 0.412. The van der Waals surface area contributed by atoms with Crippen molar-refractivity contribution >= 4 is 18.3 Å². The molecule has 158 valence electrons. The summed E-state index contributed by atoms with van der Waals surface area (Å²) in [6.07, 6.45) is -3.02. The molecule has 1 saturated heterocycles. The van der Waals surface area contributed by atoms with Crippen LogP contribution in [0.2, 0.25) is 0 Å². The normalized spacial score (nSPS) is 21.5. The van der Waals surface area contributed by atoms with Gasteiger partial charge in [0, 0.05) is 42.5 Å². The van der Waals surface area contributed by atoms with Crippen molar-refractivity contribution in [2.24, 2.45) is 0 Å². The Kier molecular flexibility index (Phi) is 7.06. The Morgan fingerprint density at radius 1 is 1.24 bits per heavy atom. The maximum Gasteiger partial charge on any atom is 0.451 e. The van der Waals surface area contributed by atoms with E-state index in [2.05, 4.69) is 25.6 Å². The second-order valence-electron chi connectivity index (χ2n) is 6.43. The van der Waals surface area contributed by atoms with Crippen molar-refractivity contribution in [3.05, 3.63) is 41.9 Å². The minimum atomic E-state index is -4.67. The van der Waals surface area contributed by atoms with E-state index in [1.807, 2.05) is 0 Å². The number of alkyl halides is 4. The van der Waals surface area contributed by atoms with Crippen molar-refractivity contribution in [1.29, 1.82) is 0 Å². The zero-order valence-electron chi connectivity index (χ0n) is 15.0. The first-order valence-corrected chi connectivity index (χ1v) is 8.37. The molecule has 0 saturated carbocycles. The molecule has 0 bridgehead atoms. The average Bonchev–Trinajstić information content (AvgIpc) is 2.99. The summed E-state index contributed by atoms with van der Waals surface area (Å²) in [5.74, 6) is -2.47. The van der Waals surface area contributed by atoms with Gasteiger partial charge in [0.2, 0.25) is 11.7 Å². The first-order valence-electron chi connectivity index (χ1n) is 8.37. The molecule has 2 aromatic rings. The summed E-state index contributed by atoms with van der Waals surface area (Å²) in [5, 5.41) is 5.32. The van der Waals surface area contributed by atoms with Gasteiger partial charge in [0.1, 0.15) is 12.0 Å². The molecule has 0 aliphatic carbocycles. The van der Waals surface area contributed by atoms with Crippen LogP contribution in [0.1, 0.15) is 24.7 Å². The first-order chi connectivity index (χ1) is 13.1. The number of hydrogen-bond acceptors (Lipinski definition) is 5. The second-order valence-corrected chi connectivity index (χ2v) is 6.43. The quantitative estimate of drug-likeness (QED) is 0.719. The van der Waals surface area contributed by atoms with E-state index < -0.39 is 42.0 Å². The minimum Gasteiger partial charge on any atom is -0.351 e. The lowest BCUT2D eigenvalue weighted by Gasteiger charge is -2.13. The summed E-state index contributed by atoms with van der Waals surface area (Å²) in [5.41, 5.74) is 0.379. The standard InChI is InChI=1S/C17H16F5N5O.ClH/c1-8-11(18)3-14(27-8)15(28)24-4-9-2-13(23-7-12(9)19)10-5-25-16(26-6-10)17(20,21)22;/h2,5-8,11,14,27H,3-4H2,1H3,(H,24,28);1H/t8-,11+,14-;/m0./s1. The van der Waals surface area contributed by atoms with Gasteiger partial charge in [-0.2, -0.15) is 13.2 Å². The van der Waals surface area contributed by atoms with Crippen LogP contribution in [0, 0.1) is 5.82 Å². The molecule has 3 heterocycles. The number of nitrogens with one attached hydrogen (secondary N) is 2. The van der Waals surface area contributed by atoms with Crippen LogP contribution >= 0.6 is 12.4 Å². The molecule has 1 aliphatic heterocycles. The van der Waals surface area contributed by atoms with Crippen LogP contribution in [0.4, 0.5) is 22.0 Å². The average molecular weight is 438 g/mol. The number of rotatable bonds is 4. The summed E-state index contributed by atoms with van der Waals surface area (Å²) in [4.78, 5) is 22.4. The summed E-state index contributed by atoms with van der Waals surface area (Å²) in [6.45, 7) is 1.43. The van der Waals surface area contributed by atoms with Crippen LogP contribution in [0.5, 0.6) is 0 Å². The Balaban J connectivity index is 0.00000300. The number of halogens is 6. The summed E-state index contributed by atoms with van der Waals surface area (Å²) in [6, 6.07) is 0.127. The van der Waals surface area contributed by atoms with Crippen LogP contribution in [0.3, 0.4) is 0 Å². The Bertz CT molecular complexity index is 854. The molecule has 2 aromatic heterocycles. The topological polar surface area (TPSA) is 79.8 Å². The molecule has 12 heteroatoms. The van der Waals surface area contributed by atoms with E-state index in [9.17, 15) is 26.7 Å². The molecule has 29 heavy (non-hydrogen) atoms. The molecule has 2 N–H and O–H groups in total. The number of carbonyl (C=O) groups is 1. The minimum absolute atomic E-state index is 0. The number of hydrogen-bond donors (Lipinski definition) is 2. The van der Waals surface area contributed by atoms with Gasteiger partial charge in [-0.25, -0.2) is 18.7 Å². The maximum atomic E-state index is 14.0. The van der Waals surface area contributed by atoms with Gasteiger partial charge in [-0.05, 0) is 13.0 Å². The van der Waals surface area contributed by atoms with Gasteiger partial charge >= 0.3 is 6.18 Å². The monoisotopic (exact) mass is 437 g/mol. The summed E-state index contributed by atoms with van der Waals surface area (Å²) < 4.78 is 65.1. The molecule has 0 spiro atoms. The third kappa shape index (κ3) is 5.36. The van der Waals surface area contributed by atoms with Crippen LogP contribution < -0.4 is 10.6 Å². The Morgan fingerprint density at radius 3 is 2.45 bits per heavy atom. The highest BCUT2D eigenvalue weighted by Crippen LogP contribution is 2.27. The molecule has 0 aromatic carbocycles. The second kappa shape index (κ2) is 8.95. The molecule has 0 unspecified atom stereocenters. The van der Waals surface area contributed by atoms with Gasteiger partial charge in [-0.1, -0.05) is 0 Å². The van der Waals surface area contributed by atoms with E-state index >= 15 is 0 Å². The lowest BCUT2D eigenvalue weighted by molar-refractivity contribution is -0.145. The Hall–Kier alpha value is -2.40. The zero-order chi connectivity index (χ0) is 20.5. The van der Waals surface area contributed by atoms with Gasteiger partial charge in [0.05, 0.1) is 17.9 Å². The first kappa shape index (κ1) is 22.9.